The molecule has 1 N–H and O–H groups in total. The number of carbonyl (C=O) groups excluding carboxylic acids is 1. The molecule has 0 aliphatic carbocycles. The molecule has 1 atom stereocenters. The van der Waals surface area contributed by atoms with E-state index in [9.17, 15) is 4.79 Å². The monoisotopic (exact) mass is 263 g/mol. The fourth-order valence-corrected chi connectivity index (χ4v) is 2.17. The number of nitrogens with one attached hydrogen (secondary N) is 1. The number of carbonyl (C=O) groups is 1. The fourth-order valence-electron chi connectivity index (χ4n) is 2.17. The smallest absolute Gasteiger partial charge is 0.174 e. The van der Waals surface area contributed by atoms with Crippen LogP contribution >= 0.6 is 0 Å². The fraction of sp³-hybridized carbons (Fsp3) is 0.533. The lowest BCUT2D eigenvalue weighted by Crippen LogP contribution is -2.36. The van der Waals surface area contributed by atoms with Crippen LogP contribution in [0, 0.1) is 5.92 Å². The van der Waals surface area contributed by atoms with Gasteiger partial charge < -0.3 is 14.8 Å². The zero-order valence-electron chi connectivity index (χ0n) is 11.6. The van der Waals surface area contributed by atoms with Gasteiger partial charge in [0.05, 0.1) is 25.2 Å². The van der Waals surface area contributed by atoms with Gasteiger partial charge in [-0.3, -0.25) is 4.79 Å². The molecule has 0 amide bonds. The summed E-state index contributed by atoms with van der Waals surface area (Å²) in [6, 6.07) is 5.36. The topological polar surface area (TPSA) is 47.6 Å². The maximum absolute atomic E-state index is 12.3. The number of rotatable bonds is 6. The Kier molecular flexibility index (Phi) is 4.80. The molecule has 1 aromatic carbocycles. The van der Waals surface area contributed by atoms with Crippen molar-refractivity contribution in [3.05, 3.63) is 23.8 Å². The predicted octanol–water partition coefficient (Wildman–Crippen LogP) is 2.28. The van der Waals surface area contributed by atoms with Gasteiger partial charge in [0.25, 0.3) is 0 Å². The van der Waals surface area contributed by atoms with Crippen molar-refractivity contribution in [2.75, 3.05) is 26.8 Å². The van der Waals surface area contributed by atoms with Crippen molar-refractivity contribution in [1.82, 2.24) is 5.32 Å². The Labute approximate surface area is 114 Å². The highest BCUT2D eigenvalue weighted by Crippen LogP contribution is 2.30. The summed E-state index contributed by atoms with van der Waals surface area (Å²) in [6.07, 6.45) is 2.29. The van der Waals surface area contributed by atoms with Crippen molar-refractivity contribution in [2.45, 2.75) is 19.8 Å². The molecule has 0 saturated carbocycles. The van der Waals surface area contributed by atoms with Crippen LogP contribution in [0.25, 0.3) is 0 Å². The summed E-state index contributed by atoms with van der Waals surface area (Å²) in [5.74, 6) is 1.42. The third kappa shape index (κ3) is 3.26. The molecule has 104 valence electrons. The van der Waals surface area contributed by atoms with Gasteiger partial charge in [-0.15, -0.1) is 0 Å². The van der Waals surface area contributed by atoms with Crippen LogP contribution < -0.4 is 14.8 Å². The number of Topliss-reactive ketones (excluding diaryl/α,β-unsaturated/α-hetero) is 1. The average Bonchev–Trinajstić information content (AvgIpc) is 2.45. The predicted molar refractivity (Wildman–Crippen MR) is 74.1 cm³/mol. The van der Waals surface area contributed by atoms with Gasteiger partial charge in [0.2, 0.25) is 0 Å². The quantitative estimate of drug-likeness (QED) is 0.800. The minimum atomic E-state index is -0.0854. The lowest BCUT2D eigenvalue weighted by atomic mass is 9.95. The van der Waals surface area contributed by atoms with Crippen LogP contribution in [0.1, 0.15) is 30.1 Å². The van der Waals surface area contributed by atoms with Crippen LogP contribution in [0.5, 0.6) is 11.5 Å². The molecule has 1 aliphatic heterocycles. The molecule has 0 radical (unpaired) electrons. The minimum Gasteiger partial charge on any atom is -0.497 e. The molecule has 1 heterocycles. The Morgan fingerprint density at radius 2 is 2.32 bits per heavy atom. The van der Waals surface area contributed by atoms with Crippen LogP contribution in [0.2, 0.25) is 0 Å². The summed E-state index contributed by atoms with van der Waals surface area (Å²) < 4.78 is 10.8. The van der Waals surface area contributed by atoms with Gasteiger partial charge >= 0.3 is 0 Å². The van der Waals surface area contributed by atoms with E-state index in [1.165, 1.54) is 0 Å². The first-order chi connectivity index (χ1) is 9.26. The van der Waals surface area contributed by atoms with E-state index in [4.69, 9.17) is 9.47 Å². The number of fused-ring (bicyclic) bond motifs is 1. The Balaban J connectivity index is 1.99. The molecule has 1 aliphatic rings. The second-order valence-electron chi connectivity index (χ2n) is 4.79. The summed E-state index contributed by atoms with van der Waals surface area (Å²) in [5, 5.41) is 3.31. The number of ether oxygens (including phenoxy) is 2. The molecule has 0 saturated heterocycles. The lowest BCUT2D eigenvalue weighted by Gasteiger charge is -2.24. The first-order valence-corrected chi connectivity index (χ1v) is 6.82. The maximum Gasteiger partial charge on any atom is 0.174 e. The van der Waals surface area contributed by atoms with Crippen LogP contribution in [0.3, 0.4) is 0 Å². The van der Waals surface area contributed by atoms with Crippen molar-refractivity contribution < 1.29 is 14.3 Å². The first-order valence-electron chi connectivity index (χ1n) is 6.82. The molecule has 0 fully saturated rings. The molecule has 0 aromatic heterocycles. The number of unbranched alkanes of at least 4 members (excludes halogenated alkanes) is 1. The van der Waals surface area contributed by atoms with Crippen molar-refractivity contribution in [3.8, 4) is 11.5 Å². The van der Waals surface area contributed by atoms with Gasteiger partial charge in [-0.05, 0) is 25.1 Å². The van der Waals surface area contributed by atoms with Gasteiger partial charge in [-0.2, -0.15) is 0 Å². The number of ketones is 1. The van der Waals surface area contributed by atoms with E-state index in [0.717, 1.165) is 19.4 Å². The minimum absolute atomic E-state index is 0.0854. The average molecular weight is 263 g/mol. The van der Waals surface area contributed by atoms with Crippen LogP contribution in [-0.4, -0.2) is 32.6 Å². The molecule has 2 rings (SSSR count). The Morgan fingerprint density at radius 3 is 3.05 bits per heavy atom. The summed E-state index contributed by atoms with van der Waals surface area (Å²) in [7, 11) is 1.60. The van der Waals surface area contributed by atoms with Gasteiger partial charge in [0.1, 0.15) is 11.5 Å². The lowest BCUT2D eigenvalue weighted by molar-refractivity contribution is 0.0829. The van der Waals surface area contributed by atoms with E-state index >= 15 is 0 Å². The van der Waals surface area contributed by atoms with Gasteiger partial charge in [-0.1, -0.05) is 13.3 Å². The van der Waals surface area contributed by atoms with Gasteiger partial charge in [0.15, 0.2) is 5.78 Å². The molecule has 19 heavy (non-hydrogen) atoms. The van der Waals surface area contributed by atoms with Crippen molar-refractivity contribution in [3.63, 3.8) is 0 Å². The second kappa shape index (κ2) is 6.57. The molecule has 0 spiro atoms. The van der Waals surface area contributed by atoms with Crippen molar-refractivity contribution in [2.24, 2.45) is 5.92 Å². The standard InChI is InChI=1S/C15H21NO3/c1-3-4-7-16-9-11-10-19-14-8-12(18-2)5-6-13(14)15(11)17/h5-6,8,11,16H,3-4,7,9-10H2,1-2H3/t11-/m1/s1. The summed E-state index contributed by atoms with van der Waals surface area (Å²) in [5.41, 5.74) is 0.661. The zero-order chi connectivity index (χ0) is 13.7. The Bertz CT molecular complexity index is 445. The van der Waals surface area contributed by atoms with E-state index in [0.29, 0.717) is 30.2 Å². The SMILES string of the molecule is CCCCNC[C@@H]1COc2cc(OC)ccc2C1=O. The molecular formula is C15H21NO3. The number of hydrogen-bond acceptors (Lipinski definition) is 4. The zero-order valence-corrected chi connectivity index (χ0v) is 11.6. The van der Waals surface area contributed by atoms with Gasteiger partial charge in [0, 0.05) is 12.6 Å². The number of methoxy groups -OCH3 is 1. The molecule has 0 bridgehead atoms. The molecule has 4 nitrogen and oxygen atoms in total. The summed E-state index contributed by atoms with van der Waals surface area (Å²) >= 11 is 0. The van der Waals surface area contributed by atoms with Crippen molar-refractivity contribution >= 4 is 5.78 Å². The third-order valence-electron chi connectivity index (χ3n) is 3.36. The number of hydrogen-bond donors (Lipinski definition) is 1. The number of benzene rings is 1. The van der Waals surface area contributed by atoms with Gasteiger partial charge in [-0.25, -0.2) is 0 Å². The van der Waals surface area contributed by atoms with E-state index in [-0.39, 0.29) is 11.7 Å². The highest BCUT2D eigenvalue weighted by atomic mass is 16.5. The maximum atomic E-state index is 12.3. The van der Waals surface area contributed by atoms with E-state index in [1.807, 2.05) is 0 Å². The Morgan fingerprint density at radius 1 is 1.47 bits per heavy atom. The third-order valence-corrected chi connectivity index (χ3v) is 3.36. The van der Waals surface area contributed by atoms with Crippen LogP contribution in [-0.2, 0) is 0 Å². The van der Waals surface area contributed by atoms with E-state index in [1.54, 1.807) is 25.3 Å². The molecule has 0 unspecified atom stereocenters. The summed E-state index contributed by atoms with van der Waals surface area (Å²) in [6.45, 7) is 4.23. The molecule has 1 aromatic rings. The van der Waals surface area contributed by atoms with E-state index < -0.39 is 0 Å². The molecular weight excluding hydrogens is 242 g/mol. The first kappa shape index (κ1) is 13.9. The molecule has 4 heteroatoms. The highest BCUT2D eigenvalue weighted by Gasteiger charge is 2.28. The summed E-state index contributed by atoms with van der Waals surface area (Å²) in [4.78, 5) is 12.3. The van der Waals surface area contributed by atoms with Crippen LogP contribution in [0.15, 0.2) is 18.2 Å². The Hall–Kier alpha value is -1.55. The highest BCUT2D eigenvalue weighted by molar-refractivity contribution is 6.01. The normalized spacial score (nSPS) is 17.8. The van der Waals surface area contributed by atoms with E-state index in [2.05, 4.69) is 12.2 Å². The van der Waals surface area contributed by atoms with Crippen LogP contribution in [0.4, 0.5) is 0 Å². The largest absolute Gasteiger partial charge is 0.497 e. The van der Waals surface area contributed by atoms with Crippen molar-refractivity contribution in [1.29, 1.82) is 0 Å². The second-order valence-corrected chi connectivity index (χ2v) is 4.79.